The van der Waals surface area contributed by atoms with Crippen LogP contribution in [0.4, 0.5) is 0 Å². The van der Waals surface area contributed by atoms with Crippen LogP contribution in [0.25, 0.3) is 0 Å². The van der Waals surface area contributed by atoms with Crippen molar-refractivity contribution in [2.75, 3.05) is 0 Å². The predicted octanol–water partition coefficient (Wildman–Crippen LogP) is -2.75. The van der Waals surface area contributed by atoms with E-state index in [-0.39, 0.29) is 73.2 Å². The Morgan fingerprint density at radius 3 is 1.50 bits per heavy atom. The number of rotatable bonds is 0. The first-order chi connectivity index (χ1) is 1.00. The molecule has 0 rings (SSSR count). The molecule has 0 aromatic heterocycles. The molecule has 0 saturated carbocycles. The third kappa shape index (κ3) is 9.21. The summed E-state index contributed by atoms with van der Waals surface area (Å²) in [6.45, 7) is 3.50. The Balaban J connectivity index is -0.00000000167. The normalized spacial score (nSPS) is 0.500. The third-order valence-corrected chi connectivity index (χ3v) is 0. The Morgan fingerprint density at radius 1 is 1.50 bits per heavy atom. The van der Waals surface area contributed by atoms with Gasteiger partial charge in [-0.15, -0.1) is 0 Å². The van der Waals surface area contributed by atoms with Gasteiger partial charge in [-0.2, -0.15) is 0 Å². The van der Waals surface area contributed by atoms with E-state index in [0.717, 1.165) is 0 Å². The van der Waals surface area contributed by atoms with Gasteiger partial charge in [0.15, 0.2) is 0 Å². The smallest absolute Gasteiger partial charge is 1.00 e. The van der Waals surface area contributed by atoms with Crippen LogP contribution in [0.1, 0.15) is 1.43 Å². The van der Waals surface area contributed by atoms with Crippen molar-refractivity contribution >= 4 is 0 Å². The second-order valence-corrected chi connectivity index (χ2v) is 0. The summed E-state index contributed by atoms with van der Waals surface area (Å²) in [5.41, 5.74) is 0. The molecule has 0 radical (unpaired) electrons. The zero-order valence-electron chi connectivity index (χ0n) is 3.34. The van der Waals surface area contributed by atoms with E-state index in [4.69, 9.17) is 5.26 Å². The van der Waals surface area contributed by atoms with Gasteiger partial charge in [-0.25, -0.2) is 5.26 Å². The zero-order valence-corrected chi connectivity index (χ0v) is 7.02. The first kappa shape index (κ1) is 17.1. The largest absolute Gasteiger partial charge is 1.00 e. The van der Waals surface area contributed by atoms with E-state index in [1.165, 1.54) is 0 Å². The molecule has 0 aliphatic rings. The van der Waals surface area contributed by atoms with Crippen LogP contribution in [-0.4, -0.2) is 0 Å². The molecule has 0 aromatic rings. The standard InChI is InChI=1S/CHN.K.Pd.H/c1-2;;;/h1H;;;/q;+1;;-1. The van der Waals surface area contributed by atoms with Crippen molar-refractivity contribution in [2.45, 2.75) is 0 Å². The predicted molar refractivity (Wildman–Crippen MR) is 7.78 cm³/mol. The van der Waals surface area contributed by atoms with Crippen LogP contribution >= 0.6 is 0 Å². The van der Waals surface area contributed by atoms with Crippen molar-refractivity contribution in [1.29, 1.82) is 5.26 Å². The average Bonchev–Trinajstić information content (AvgIpc) is 1.00. The summed E-state index contributed by atoms with van der Waals surface area (Å²) in [7, 11) is 0. The van der Waals surface area contributed by atoms with Crippen LogP contribution in [-0.2, 0) is 20.4 Å². The fourth-order valence-corrected chi connectivity index (χ4v) is 0. The monoisotopic (exact) mass is 173 g/mol. The average molecular weight is 174 g/mol. The van der Waals surface area contributed by atoms with Gasteiger partial charge in [0.25, 0.3) is 0 Å². The molecular weight excluding hydrogens is 172 g/mol. The van der Waals surface area contributed by atoms with Crippen molar-refractivity contribution in [3.8, 4) is 6.57 Å². The van der Waals surface area contributed by atoms with Crippen molar-refractivity contribution in [3.63, 3.8) is 0 Å². The van der Waals surface area contributed by atoms with Crippen LogP contribution in [0.3, 0.4) is 0 Å². The Hall–Kier alpha value is 1.79. The Labute approximate surface area is 83.3 Å². The molecule has 0 bridgehead atoms. The topological polar surface area (TPSA) is 23.8 Å². The quantitative estimate of drug-likeness (QED) is 0.365. The summed E-state index contributed by atoms with van der Waals surface area (Å²) in [4.78, 5) is 0. The summed E-state index contributed by atoms with van der Waals surface area (Å²) in [5.74, 6) is 0. The maximum Gasteiger partial charge on any atom is 1.00 e. The summed E-state index contributed by atoms with van der Waals surface area (Å²) in [5, 5.41) is 6.50. The van der Waals surface area contributed by atoms with E-state index in [2.05, 4.69) is 6.57 Å². The maximum absolute atomic E-state index is 6.50. The molecule has 0 aromatic carbocycles. The van der Waals surface area contributed by atoms with Gasteiger partial charge in [0, 0.05) is 27.0 Å². The first-order valence-electron chi connectivity index (χ1n) is 0.258. The Kier molecular flexibility index (Phi) is 91.7. The molecule has 0 unspecified atom stereocenters. The molecule has 4 heavy (non-hydrogen) atoms. The van der Waals surface area contributed by atoms with Crippen molar-refractivity contribution in [3.05, 3.63) is 0 Å². The summed E-state index contributed by atoms with van der Waals surface area (Å²) < 4.78 is 0. The summed E-state index contributed by atoms with van der Waals surface area (Å²) in [6, 6.07) is 0. The molecule has 0 saturated heterocycles. The molecular formula is CH2KNPd. The van der Waals surface area contributed by atoms with Crippen LogP contribution in [0, 0.1) is 11.8 Å². The fraction of sp³-hybridized carbons (Fsp3) is 0. The number of nitriles is 1. The van der Waals surface area contributed by atoms with E-state index in [1.807, 2.05) is 0 Å². The molecule has 0 atom stereocenters. The molecule has 0 amide bonds. The van der Waals surface area contributed by atoms with Gasteiger partial charge in [-0.05, 0) is 0 Å². The van der Waals surface area contributed by atoms with E-state index >= 15 is 0 Å². The SMILES string of the molecule is C#N.[H-].[K+].[Pd]. The fourth-order valence-electron chi connectivity index (χ4n) is 0. The van der Waals surface area contributed by atoms with Gasteiger partial charge in [0.1, 0.15) is 0 Å². The molecule has 0 fully saturated rings. The number of nitrogens with zero attached hydrogens (tertiary/aromatic N) is 1. The first-order valence-corrected chi connectivity index (χ1v) is 0.258. The second-order valence-electron chi connectivity index (χ2n) is 0. The minimum Gasteiger partial charge on any atom is -1.00 e. The number of hydrogen-bond donors (Lipinski definition) is 0. The zero-order chi connectivity index (χ0) is 2.00. The maximum atomic E-state index is 6.50. The molecule has 0 heterocycles. The van der Waals surface area contributed by atoms with Crippen LogP contribution < -0.4 is 51.4 Å². The van der Waals surface area contributed by atoms with Crippen LogP contribution in [0.15, 0.2) is 0 Å². The van der Waals surface area contributed by atoms with E-state index < -0.39 is 0 Å². The van der Waals surface area contributed by atoms with Gasteiger partial charge in [0.2, 0.25) is 0 Å². The van der Waals surface area contributed by atoms with Gasteiger partial charge in [-0.1, -0.05) is 0 Å². The molecule has 3 heteroatoms. The van der Waals surface area contributed by atoms with Gasteiger partial charge >= 0.3 is 51.4 Å². The molecule has 22 valence electrons. The molecule has 1 nitrogen and oxygen atoms in total. The Morgan fingerprint density at radius 2 is 1.50 bits per heavy atom. The summed E-state index contributed by atoms with van der Waals surface area (Å²) in [6.07, 6.45) is 0. The summed E-state index contributed by atoms with van der Waals surface area (Å²) >= 11 is 0. The second kappa shape index (κ2) is 21.5. The van der Waals surface area contributed by atoms with Crippen molar-refractivity contribution in [2.24, 2.45) is 0 Å². The van der Waals surface area contributed by atoms with Crippen molar-refractivity contribution in [1.82, 2.24) is 0 Å². The molecule has 0 aliphatic carbocycles. The van der Waals surface area contributed by atoms with E-state index in [9.17, 15) is 0 Å². The van der Waals surface area contributed by atoms with Gasteiger partial charge in [0.05, 0.1) is 0 Å². The van der Waals surface area contributed by atoms with Crippen molar-refractivity contribution < 1.29 is 73.2 Å². The molecule has 0 aliphatic heterocycles. The van der Waals surface area contributed by atoms with E-state index in [0.29, 0.717) is 0 Å². The van der Waals surface area contributed by atoms with E-state index in [1.54, 1.807) is 0 Å². The van der Waals surface area contributed by atoms with Crippen LogP contribution in [0.2, 0.25) is 0 Å². The minimum absolute atomic E-state index is 0. The third-order valence-electron chi connectivity index (χ3n) is 0. The minimum atomic E-state index is 0. The molecule has 0 N–H and O–H groups in total. The molecule has 0 spiro atoms. The van der Waals surface area contributed by atoms with Crippen LogP contribution in [0.5, 0.6) is 0 Å². The van der Waals surface area contributed by atoms with Gasteiger partial charge in [-0.3, -0.25) is 0 Å². The number of hydrogen-bond acceptors (Lipinski definition) is 1. The Bertz CT molecular complexity index is 16.4. The van der Waals surface area contributed by atoms with Gasteiger partial charge < -0.3 is 1.43 Å².